The van der Waals surface area contributed by atoms with E-state index >= 15 is 0 Å². The van der Waals surface area contributed by atoms with E-state index in [9.17, 15) is 0 Å². The molecule has 0 aliphatic carbocycles. The molecule has 2 heteroatoms. The van der Waals surface area contributed by atoms with E-state index in [2.05, 4.69) is 25.3 Å². The Bertz CT molecular complexity index is 186. The molecule has 0 nitrogen and oxygen atoms in total. The van der Waals surface area contributed by atoms with Gasteiger partial charge in [-0.15, -0.1) is 19.7 Å². The van der Waals surface area contributed by atoms with E-state index in [0.29, 0.717) is 0 Å². The minimum atomic E-state index is -1.71. The molecular formula is C11H15LiSi. The summed E-state index contributed by atoms with van der Waals surface area (Å²) in [4.78, 5) is 0. The van der Waals surface area contributed by atoms with Crippen molar-refractivity contribution in [1.82, 2.24) is 0 Å². The molecule has 0 N–H and O–H groups in total. The summed E-state index contributed by atoms with van der Waals surface area (Å²) in [5.74, 6) is 0. The Hall–Kier alpha value is -0.406. The standard InChI is InChI=1S/C11H15Si.Li/c1-5-9-12(8-4,10-6-2)11-7-3;/h5-7H,1-3,9-11H2;/q-1;+1. The minimum Gasteiger partial charge on any atom is -0.701 e. The van der Waals surface area contributed by atoms with E-state index in [1.165, 1.54) is 0 Å². The normalized spacial score (nSPS) is 9.15. The molecule has 0 heterocycles. The topological polar surface area (TPSA) is 0 Å². The van der Waals surface area contributed by atoms with Gasteiger partial charge < -0.3 is 12.0 Å². The summed E-state index contributed by atoms with van der Waals surface area (Å²) in [6, 6.07) is 2.69. The Balaban J connectivity index is 0. The maximum absolute atomic E-state index is 7.29. The largest absolute Gasteiger partial charge is 1.00 e. The fourth-order valence-electron chi connectivity index (χ4n) is 1.23. The first-order valence-corrected chi connectivity index (χ1v) is 6.63. The van der Waals surface area contributed by atoms with Crippen LogP contribution < -0.4 is 18.9 Å². The summed E-state index contributed by atoms with van der Waals surface area (Å²) in [5, 5.41) is 0. The van der Waals surface area contributed by atoms with Crippen LogP contribution in [-0.2, 0) is 0 Å². The predicted molar refractivity (Wildman–Crippen MR) is 57.9 cm³/mol. The third kappa shape index (κ3) is 5.01. The molecule has 0 saturated heterocycles. The van der Waals surface area contributed by atoms with Gasteiger partial charge >= 0.3 is 18.9 Å². The Kier molecular flexibility index (Phi) is 9.52. The quantitative estimate of drug-likeness (QED) is 0.237. The molecule has 0 aromatic carbocycles. The van der Waals surface area contributed by atoms with Crippen LogP contribution in [0.3, 0.4) is 0 Å². The maximum Gasteiger partial charge on any atom is 1.00 e. The van der Waals surface area contributed by atoms with Gasteiger partial charge in [-0.25, -0.2) is 0 Å². The monoisotopic (exact) mass is 182 g/mol. The molecule has 0 aromatic heterocycles. The van der Waals surface area contributed by atoms with Crippen molar-refractivity contribution in [1.29, 1.82) is 0 Å². The van der Waals surface area contributed by atoms with Crippen molar-refractivity contribution < 1.29 is 18.9 Å². The summed E-state index contributed by atoms with van der Waals surface area (Å²) in [6.07, 6.45) is 12.9. The third-order valence-electron chi connectivity index (χ3n) is 1.87. The zero-order valence-electron chi connectivity index (χ0n) is 8.47. The second-order valence-corrected chi connectivity index (χ2v) is 6.92. The molecule has 0 saturated carbocycles. The summed E-state index contributed by atoms with van der Waals surface area (Å²) in [6.45, 7) is 11.1. The van der Waals surface area contributed by atoms with Gasteiger partial charge in [0.05, 0.1) is 0 Å². The molecular weight excluding hydrogens is 167 g/mol. The molecule has 0 atom stereocenters. The van der Waals surface area contributed by atoms with Crippen molar-refractivity contribution in [2.24, 2.45) is 0 Å². The van der Waals surface area contributed by atoms with E-state index < -0.39 is 8.07 Å². The molecule has 0 spiro atoms. The van der Waals surface area contributed by atoms with Gasteiger partial charge in [0.2, 0.25) is 0 Å². The van der Waals surface area contributed by atoms with Crippen LogP contribution in [0.15, 0.2) is 38.0 Å². The van der Waals surface area contributed by atoms with Crippen molar-refractivity contribution >= 4 is 8.07 Å². The molecule has 0 aliphatic rings. The van der Waals surface area contributed by atoms with Crippen LogP contribution in [0.25, 0.3) is 0 Å². The smallest absolute Gasteiger partial charge is 0.701 e. The van der Waals surface area contributed by atoms with Gasteiger partial charge in [0.15, 0.2) is 0 Å². The van der Waals surface area contributed by atoms with Gasteiger partial charge in [-0.1, -0.05) is 18.2 Å². The van der Waals surface area contributed by atoms with Crippen LogP contribution in [0.1, 0.15) is 0 Å². The molecule has 0 aromatic rings. The fraction of sp³-hybridized carbons (Fsp3) is 0.273. The third-order valence-corrected chi connectivity index (χ3v) is 5.61. The fourth-order valence-corrected chi connectivity index (χ4v) is 3.70. The number of rotatable bonds is 6. The van der Waals surface area contributed by atoms with E-state index in [-0.39, 0.29) is 18.9 Å². The average molecular weight is 182 g/mol. The average Bonchev–Trinajstić information content (AvgIpc) is 2.06. The zero-order chi connectivity index (χ0) is 9.45. The van der Waals surface area contributed by atoms with Gasteiger partial charge in [0.1, 0.15) is 8.07 Å². The maximum atomic E-state index is 7.29. The van der Waals surface area contributed by atoms with Crippen molar-refractivity contribution in [3.05, 3.63) is 44.4 Å². The van der Waals surface area contributed by atoms with Gasteiger partial charge in [-0.3, -0.25) is 0 Å². The van der Waals surface area contributed by atoms with E-state index in [0.717, 1.165) is 18.1 Å². The SMILES string of the molecule is [C-]#C[Si](CC=C)(CC=C)CC=C.[Li+]. The van der Waals surface area contributed by atoms with Gasteiger partial charge in [0, 0.05) is 0 Å². The van der Waals surface area contributed by atoms with Crippen LogP contribution in [0.4, 0.5) is 0 Å². The molecule has 0 bridgehead atoms. The Morgan fingerprint density at radius 3 is 1.46 bits per heavy atom. The van der Waals surface area contributed by atoms with E-state index in [1.54, 1.807) is 0 Å². The minimum absolute atomic E-state index is 0. The van der Waals surface area contributed by atoms with Crippen LogP contribution >= 0.6 is 0 Å². The first-order valence-electron chi connectivity index (χ1n) is 4.01. The second-order valence-electron chi connectivity index (χ2n) is 2.88. The zero-order valence-corrected chi connectivity index (χ0v) is 9.47. The van der Waals surface area contributed by atoms with E-state index in [1.807, 2.05) is 18.2 Å². The summed E-state index contributed by atoms with van der Waals surface area (Å²) in [7, 11) is -1.71. The first-order chi connectivity index (χ1) is 5.74. The summed E-state index contributed by atoms with van der Waals surface area (Å²) >= 11 is 0. The number of hydrogen-bond acceptors (Lipinski definition) is 0. The number of allylic oxidation sites excluding steroid dienone is 3. The molecule has 0 rings (SSSR count). The van der Waals surface area contributed by atoms with Crippen molar-refractivity contribution in [2.75, 3.05) is 0 Å². The molecule has 64 valence electrons. The van der Waals surface area contributed by atoms with Gasteiger partial charge in [0.25, 0.3) is 0 Å². The van der Waals surface area contributed by atoms with Crippen molar-refractivity contribution in [3.63, 3.8) is 0 Å². The van der Waals surface area contributed by atoms with Crippen molar-refractivity contribution in [2.45, 2.75) is 18.1 Å². The summed E-state index contributed by atoms with van der Waals surface area (Å²) in [5.41, 5.74) is 2.69. The van der Waals surface area contributed by atoms with Crippen molar-refractivity contribution in [3.8, 4) is 5.54 Å². The van der Waals surface area contributed by atoms with Crippen LogP contribution in [0.2, 0.25) is 18.1 Å². The molecule has 0 radical (unpaired) electrons. The Morgan fingerprint density at radius 1 is 1.00 bits per heavy atom. The number of hydrogen-bond donors (Lipinski definition) is 0. The predicted octanol–water partition coefficient (Wildman–Crippen LogP) is 0.126. The first kappa shape index (κ1) is 15.1. The summed E-state index contributed by atoms with van der Waals surface area (Å²) < 4.78 is 0. The van der Waals surface area contributed by atoms with Crippen LogP contribution in [0, 0.1) is 12.0 Å². The molecule has 0 unspecified atom stereocenters. The molecule has 13 heavy (non-hydrogen) atoms. The van der Waals surface area contributed by atoms with E-state index in [4.69, 9.17) is 6.42 Å². The van der Waals surface area contributed by atoms with Crippen LogP contribution in [-0.4, -0.2) is 8.07 Å². The Morgan fingerprint density at radius 2 is 1.31 bits per heavy atom. The van der Waals surface area contributed by atoms with Gasteiger partial charge in [-0.2, -0.15) is 0 Å². The molecule has 0 amide bonds. The van der Waals surface area contributed by atoms with Crippen LogP contribution in [0.5, 0.6) is 0 Å². The molecule has 0 fully saturated rings. The van der Waals surface area contributed by atoms with Gasteiger partial charge in [-0.05, 0) is 18.1 Å². The Labute approximate surface area is 95.0 Å². The molecule has 0 aliphatic heterocycles. The second kappa shape index (κ2) is 8.20.